The van der Waals surface area contributed by atoms with Gasteiger partial charge in [0.15, 0.2) is 17.7 Å². The fraction of sp³-hybridized carbons (Fsp3) is 0.222. The number of aliphatic carboxylic acids is 1. The molecule has 0 aliphatic heterocycles. The maximum Gasteiger partial charge on any atom is 0.337 e. The van der Waals surface area contributed by atoms with Crippen LogP contribution in [0.4, 0.5) is 4.39 Å². The third kappa shape index (κ3) is 1.82. The van der Waals surface area contributed by atoms with Crippen molar-refractivity contribution in [3.8, 4) is 5.75 Å². The summed E-state index contributed by atoms with van der Waals surface area (Å²) < 4.78 is 12.9. The maximum atomic E-state index is 12.9. The third-order valence-corrected chi connectivity index (χ3v) is 1.81. The number of hydrogen-bond acceptors (Lipinski definition) is 3. The van der Waals surface area contributed by atoms with Gasteiger partial charge in [0, 0.05) is 0 Å². The Labute approximate surface area is 79.2 Å². The van der Waals surface area contributed by atoms with Crippen LogP contribution in [0.5, 0.6) is 5.75 Å². The van der Waals surface area contributed by atoms with Crippen LogP contribution in [-0.2, 0) is 4.79 Å². The second-order valence-electron chi connectivity index (χ2n) is 2.91. The molecular formula is C9H9FO4. The molecule has 0 bridgehead atoms. The second kappa shape index (κ2) is 3.63. The van der Waals surface area contributed by atoms with Crippen molar-refractivity contribution in [1.82, 2.24) is 0 Å². The number of phenolic OH excluding ortho intramolecular Hbond substituents is 1. The van der Waals surface area contributed by atoms with E-state index in [9.17, 15) is 9.18 Å². The van der Waals surface area contributed by atoms with E-state index >= 15 is 0 Å². The van der Waals surface area contributed by atoms with Crippen molar-refractivity contribution in [3.05, 3.63) is 29.1 Å². The summed E-state index contributed by atoms with van der Waals surface area (Å²) in [5.41, 5.74) is 0.0363. The van der Waals surface area contributed by atoms with Gasteiger partial charge in [-0.3, -0.25) is 0 Å². The number of aryl methyl sites for hydroxylation is 1. The van der Waals surface area contributed by atoms with Gasteiger partial charge in [0.25, 0.3) is 0 Å². The first-order chi connectivity index (χ1) is 6.43. The lowest BCUT2D eigenvalue weighted by atomic mass is 10.1. The van der Waals surface area contributed by atoms with Gasteiger partial charge >= 0.3 is 5.97 Å². The lowest BCUT2D eigenvalue weighted by Gasteiger charge is -2.08. The zero-order valence-corrected chi connectivity index (χ0v) is 7.36. The average Bonchev–Trinajstić information content (AvgIpc) is 2.12. The van der Waals surface area contributed by atoms with E-state index in [1.165, 1.54) is 13.0 Å². The molecule has 0 aliphatic carbocycles. The molecule has 1 rings (SSSR count). The van der Waals surface area contributed by atoms with E-state index in [0.29, 0.717) is 0 Å². The van der Waals surface area contributed by atoms with Crippen LogP contribution in [0.25, 0.3) is 0 Å². The van der Waals surface area contributed by atoms with Gasteiger partial charge in [0.05, 0.1) is 0 Å². The highest BCUT2D eigenvalue weighted by Crippen LogP contribution is 2.24. The quantitative estimate of drug-likeness (QED) is 0.664. The summed E-state index contributed by atoms with van der Waals surface area (Å²) in [6, 6.07) is 2.06. The maximum absolute atomic E-state index is 12.9. The molecular weight excluding hydrogens is 191 g/mol. The van der Waals surface area contributed by atoms with Crippen LogP contribution in [0.3, 0.4) is 0 Å². The van der Waals surface area contributed by atoms with E-state index in [-0.39, 0.29) is 11.1 Å². The first-order valence-corrected chi connectivity index (χ1v) is 3.83. The largest absolute Gasteiger partial charge is 0.505 e. The molecule has 76 valence electrons. The fourth-order valence-electron chi connectivity index (χ4n) is 1.08. The number of halogens is 1. The Morgan fingerprint density at radius 2 is 2.07 bits per heavy atom. The zero-order valence-electron chi connectivity index (χ0n) is 7.36. The van der Waals surface area contributed by atoms with Crippen molar-refractivity contribution >= 4 is 5.97 Å². The number of carbonyl (C=O) groups is 1. The molecule has 0 fully saturated rings. The van der Waals surface area contributed by atoms with Crippen molar-refractivity contribution < 1.29 is 24.5 Å². The average molecular weight is 200 g/mol. The van der Waals surface area contributed by atoms with Gasteiger partial charge in [-0.15, -0.1) is 0 Å². The van der Waals surface area contributed by atoms with Crippen molar-refractivity contribution in [3.63, 3.8) is 0 Å². The molecule has 1 aromatic rings. The molecule has 0 aromatic heterocycles. The number of carboxylic acid groups (broad SMARTS) is 1. The Kier molecular flexibility index (Phi) is 2.71. The van der Waals surface area contributed by atoms with Crippen molar-refractivity contribution in [2.24, 2.45) is 0 Å². The molecule has 0 saturated heterocycles. The van der Waals surface area contributed by atoms with E-state index < -0.39 is 23.6 Å². The Hall–Kier alpha value is -1.62. The van der Waals surface area contributed by atoms with Crippen LogP contribution in [0.2, 0.25) is 0 Å². The molecule has 3 N–H and O–H groups in total. The number of benzene rings is 1. The Bertz CT molecular complexity index is 352. The van der Waals surface area contributed by atoms with Gasteiger partial charge in [-0.1, -0.05) is 0 Å². The Morgan fingerprint density at radius 1 is 1.50 bits per heavy atom. The Balaban J connectivity index is 3.19. The van der Waals surface area contributed by atoms with Gasteiger partial charge in [-0.2, -0.15) is 0 Å². The molecule has 0 radical (unpaired) electrons. The van der Waals surface area contributed by atoms with E-state index in [0.717, 1.165) is 6.07 Å². The van der Waals surface area contributed by atoms with E-state index in [1.807, 2.05) is 0 Å². The number of aliphatic hydroxyl groups excluding tert-OH is 1. The van der Waals surface area contributed by atoms with Crippen LogP contribution < -0.4 is 0 Å². The number of aromatic hydroxyl groups is 1. The minimum absolute atomic E-state index is 0.0473. The predicted octanol–water partition coefficient (Wildman–Crippen LogP) is 0.958. The molecule has 4 nitrogen and oxygen atoms in total. The van der Waals surface area contributed by atoms with Crippen molar-refractivity contribution in [1.29, 1.82) is 0 Å². The molecule has 0 amide bonds. The standard InChI is InChI=1S/C9H9FO4/c1-4-2-5(8(12)9(13)14)3-6(11)7(4)10/h2-3,8,11-12H,1H3,(H,13,14). The normalized spacial score (nSPS) is 12.5. The minimum Gasteiger partial charge on any atom is -0.505 e. The molecule has 0 aliphatic rings. The molecule has 0 heterocycles. The van der Waals surface area contributed by atoms with Crippen molar-refractivity contribution in [2.75, 3.05) is 0 Å². The summed E-state index contributed by atoms with van der Waals surface area (Å²) in [6.45, 7) is 1.37. The summed E-state index contributed by atoms with van der Waals surface area (Å²) in [4.78, 5) is 10.4. The predicted molar refractivity (Wildman–Crippen MR) is 45.4 cm³/mol. The second-order valence-corrected chi connectivity index (χ2v) is 2.91. The summed E-state index contributed by atoms with van der Waals surface area (Å²) in [6.07, 6.45) is -1.75. The highest BCUT2D eigenvalue weighted by atomic mass is 19.1. The molecule has 0 saturated carbocycles. The topological polar surface area (TPSA) is 77.8 Å². The summed E-state index contributed by atoms with van der Waals surface area (Å²) >= 11 is 0. The highest BCUT2D eigenvalue weighted by Gasteiger charge is 2.18. The van der Waals surface area contributed by atoms with E-state index in [2.05, 4.69) is 0 Å². The molecule has 14 heavy (non-hydrogen) atoms. The molecule has 1 aromatic carbocycles. The van der Waals surface area contributed by atoms with Gasteiger partial charge in [-0.25, -0.2) is 9.18 Å². The lowest BCUT2D eigenvalue weighted by molar-refractivity contribution is -0.146. The SMILES string of the molecule is Cc1cc(C(O)C(=O)O)cc(O)c1F. The van der Waals surface area contributed by atoms with Crippen LogP contribution in [-0.4, -0.2) is 21.3 Å². The minimum atomic E-state index is -1.75. The lowest BCUT2D eigenvalue weighted by Crippen LogP contribution is -2.10. The number of rotatable bonds is 2. The van der Waals surface area contributed by atoms with E-state index in [4.69, 9.17) is 15.3 Å². The number of phenols is 1. The van der Waals surface area contributed by atoms with Crippen LogP contribution >= 0.6 is 0 Å². The van der Waals surface area contributed by atoms with Crippen molar-refractivity contribution in [2.45, 2.75) is 13.0 Å². The molecule has 0 spiro atoms. The number of carboxylic acids is 1. The van der Waals surface area contributed by atoms with Gasteiger partial charge < -0.3 is 15.3 Å². The smallest absolute Gasteiger partial charge is 0.337 e. The summed E-state index contributed by atoms with van der Waals surface area (Å²) in [5, 5.41) is 26.6. The van der Waals surface area contributed by atoms with Crippen LogP contribution in [0.15, 0.2) is 12.1 Å². The molecule has 1 atom stereocenters. The summed E-state index contributed by atoms with van der Waals surface area (Å²) in [7, 11) is 0. The zero-order chi connectivity index (χ0) is 10.9. The fourth-order valence-corrected chi connectivity index (χ4v) is 1.08. The van der Waals surface area contributed by atoms with Crippen LogP contribution in [0.1, 0.15) is 17.2 Å². The highest BCUT2D eigenvalue weighted by molar-refractivity contribution is 5.74. The molecule has 5 heteroatoms. The van der Waals surface area contributed by atoms with Gasteiger partial charge in [-0.05, 0) is 30.2 Å². The van der Waals surface area contributed by atoms with Crippen LogP contribution in [0, 0.1) is 12.7 Å². The summed E-state index contributed by atoms with van der Waals surface area (Å²) in [5.74, 6) is -2.93. The first kappa shape index (κ1) is 10.5. The molecule has 1 unspecified atom stereocenters. The number of aliphatic hydroxyl groups is 1. The van der Waals surface area contributed by atoms with E-state index in [1.54, 1.807) is 0 Å². The monoisotopic (exact) mass is 200 g/mol. The van der Waals surface area contributed by atoms with Gasteiger partial charge in [0.2, 0.25) is 0 Å². The number of hydrogen-bond donors (Lipinski definition) is 3. The Morgan fingerprint density at radius 3 is 2.50 bits per heavy atom. The first-order valence-electron chi connectivity index (χ1n) is 3.83. The van der Waals surface area contributed by atoms with Gasteiger partial charge in [0.1, 0.15) is 0 Å². The third-order valence-electron chi connectivity index (χ3n) is 1.81.